The van der Waals surface area contributed by atoms with E-state index < -0.39 is 0 Å². The van der Waals surface area contributed by atoms with Gasteiger partial charge in [-0.25, -0.2) is 9.97 Å². The van der Waals surface area contributed by atoms with Crippen molar-refractivity contribution in [2.45, 2.75) is 27.7 Å². The van der Waals surface area contributed by atoms with Crippen molar-refractivity contribution in [3.63, 3.8) is 0 Å². The molecule has 0 saturated carbocycles. The minimum Gasteiger partial charge on any atom is -0.484 e. The van der Waals surface area contributed by atoms with Crippen molar-refractivity contribution < 1.29 is 9.53 Å². The van der Waals surface area contributed by atoms with Crippen molar-refractivity contribution in [3.8, 4) is 11.7 Å². The minimum absolute atomic E-state index is 0.140. The summed E-state index contributed by atoms with van der Waals surface area (Å²) < 4.78 is 7.05. The van der Waals surface area contributed by atoms with Crippen LogP contribution >= 0.6 is 11.6 Å². The van der Waals surface area contributed by atoms with Gasteiger partial charge in [0, 0.05) is 22.5 Å². The molecule has 0 bridgehead atoms. The summed E-state index contributed by atoms with van der Waals surface area (Å²) >= 11 is 5.99. The molecular weight excluding hydrogens is 366 g/mol. The van der Waals surface area contributed by atoms with Gasteiger partial charge in [0.1, 0.15) is 11.6 Å². The van der Waals surface area contributed by atoms with Crippen LogP contribution in [0, 0.1) is 27.7 Å². The molecule has 0 radical (unpaired) electrons. The summed E-state index contributed by atoms with van der Waals surface area (Å²) in [7, 11) is 0. The Bertz CT molecular complexity index is 980. The quantitative estimate of drug-likeness (QED) is 0.726. The van der Waals surface area contributed by atoms with E-state index in [-0.39, 0.29) is 12.5 Å². The number of hydrogen-bond donors (Lipinski definition) is 1. The second-order valence-corrected chi connectivity index (χ2v) is 6.69. The summed E-state index contributed by atoms with van der Waals surface area (Å²) in [5.41, 5.74) is 3.27. The van der Waals surface area contributed by atoms with Crippen molar-refractivity contribution in [2.75, 3.05) is 11.9 Å². The lowest BCUT2D eigenvalue weighted by Crippen LogP contribution is -2.22. The number of aromatic nitrogens is 4. The smallest absolute Gasteiger partial charge is 0.263 e. The van der Waals surface area contributed by atoms with Crippen molar-refractivity contribution in [3.05, 3.63) is 58.0 Å². The van der Waals surface area contributed by atoms with Crippen LogP contribution in [0.4, 0.5) is 5.82 Å². The molecule has 3 aromatic rings. The summed E-state index contributed by atoms with van der Waals surface area (Å²) in [4.78, 5) is 21.1. The molecule has 3 rings (SSSR count). The normalized spacial score (nSPS) is 10.7. The molecule has 0 unspecified atom stereocenters. The fourth-order valence-electron chi connectivity index (χ4n) is 2.58. The Kier molecular flexibility index (Phi) is 5.41. The van der Waals surface area contributed by atoms with Crippen LogP contribution in [0.2, 0.25) is 5.02 Å². The highest BCUT2D eigenvalue weighted by Gasteiger charge is 2.14. The molecule has 0 atom stereocenters. The van der Waals surface area contributed by atoms with Crippen LogP contribution in [0.5, 0.6) is 5.75 Å². The summed E-state index contributed by atoms with van der Waals surface area (Å²) in [5, 5.41) is 7.83. The first kappa shape index (κ1) is 18.8. The Morgan fingerprint density at radius 1 is 1.07 bits per heavy atom. The average Bonchev–Trinajstić information content (AvgIpc) is 2.95. The minimum atomic E-state index is -0.312. The number of anilines is 1. The molecule has 2 heterocycles. The number of nitrogens with one attached hydrogen (secondary N) is 1. The Morgan fingerprint density at radius 2 is 1.78 bits per heavy atom. The van der Waals surface area contributed by atoms with Crippen molar-refractivity contribution >= 4 is 23.3 Å². The van der Waals surface area contributed by atoms with Crippen molar-refractivity contribution in [1.29, 1.82) is 0 Å². The van der Waals surface area contributed by atoms with Gasteiger partial charge in [-0.15, -0.1) is 0 Å². The maximum atomic E-state index is 12.3. The maximum Gasteiger partial charge on any atom is 0.263 e. The van der Waals surface area contributed by atoms with Gasteiger partial charge >= 0.3 is 0 Å². The highest BCUT2D eigenvalue weighted by molar-refractivity contribution is 6.31. The van der Waals surface area contributed by atoms with E-state index in [0.717, 1.165) is 22.6 Å². The third-order valence-electron chi connectivity index (χ3n) is 3.76. The third kappa shape index (κ3) is 4.62. The third-order valence-corrected chi connectivity index (χ3v) is 4.18. The topological polar surface area (TPSA) is 81.9 Å². The Labute approximate surface area is 162 Å². The van der Waals surface area contributed by atoms with Crippen LogP contribution < -0.4 is 10.1 Å². The molecule has 0 saturated heterocycles. The van der Waals surface area contributed by atoms with E-state index in [1.54, 1.807) is 24.3 Å². The summed E-state index contributed by atoms with van der Waals surface area (Å²) in [5.74, 6) is 1.16. The molecule has 1 aromatic carbocycles. The maximum absolute atomic E-state index is 12.3. The number of benzene rings is 1. The lowest BCUT2D eigenvalue weighted by atomic mass is 10.2. The number of hydrogen-bond acceptors (Lipinski definition) is 5. The summed E-state index contributed by atoms with van der Waals surface area (Å²) in [6.45, 7) is 7.34. The molecule has 0 aliphatic carbocycles. The first-order valence-electron chi connectivity index (χ1n) is 8.40. The van der Waals surface area contributed by atoms with Crippen LogP contribution in [0.3, 0.4) is 0 Å². The average molecular weight is 386 g/mol. The monoisotopic (exact) mass is 385 g/mol. The van der Waals surface area contributed by atoms with Crippen LogP contribution in [-0.2, 0) is 4.79 Å². The SMILES string of the molecule is Cc1cc(C)nc(-n2nc(C)cc2NC(=O)COc2ccc(Cl)c(C)c2)n1. The van der Waals surface area contributed by atoms with Gasteiger partial charge in [-0.1, -0.05) is 11.6 Å². The molecule has 27 heavy (non-hydrogen) atoms. The Hall–Kier alpha value is -2.93. The van der Waals surface area contributed by atoms with Crippen molar-refractivity contribution in [2.24, 2.45) is 0 Å². The van der Waals surface area contributed by atoms with Gasteiger partial charge in [0.25, 0.3) is 11.9 Å². The summed E-state index contributed by atoms with van der Waals surface area (Å²) in [6, 6.07) is 8.87. The van der Waals surface area contributed by atoms with Gasteiger partial charge in [0.2, 0.25) is 0 Å². The van der Waals surface area contributed by atoms with Gasteiger partial charge in [0.05, 0.1) is 5.69 Å². The van der Waals surface area contributed by atoms with Gasteiger partial charge in [-0.3, -0.25) is 4.79 Å². The van der Waals surface area contributed by atoms with E-state index in [2.05, 4.69) is 20.4 Å². The van der Waals surface area contributed by atoms with E-state index in [4.69, 9.17) is 16.3 Å². The highest BCUT2D eigenvalue weighted by Crippen LogP contribution is 2.21. The molecule has 1 amide bonds. The molecule has 0 spiro atoms. The molecular formula is C19H20ClN5O2. The number of amides is 1. The van der Waals surface area contributed by atoms with Crippen molar-refractivity contribution in [1.82, 2.24) is 19.7 Å². The number of nitrogens with zero attached hydrogens (tertiary/aromatic N) is 4. The van der Waals surface area contributed by atoms with Crippen LogP contribution in [0.15, 0.2) is 30.3 Å². The van der Waals surface area contributed by atoms with Gasteiger partial charge in [-0.2, -0.15) is 9.78 Å². The zero-order valence-electron chi connectivity index (χ0n) is 15.6. The molecule has 1 N–H and O–H groups in total. The largest absolute Gasteiger partial charge is 0.484 e. The molecule has 2 aromatic heterocycles. The number of carbonyl (C=O) groups is 1. The summed E-state index contributed by atoms with van der Waals surface area (Å²) in [6.07, 6.45) is 0. The zero-order chi connectivity index (χ0) is 19.6. The molecule has 0 aliphatic rings. The molecule has 8 heteroatoms. The fraction of sp³-hybridized carbons (Fsp3) is 0.263. The fourth-order valence-corrected chi connectivity index (χ4v) is 2.70. The van der Waals surface area contributed by atoms with E-state index >= 15 is 0 Å². The lowest BCUT2D eigenvalue weighted by molar-refractivity contribution is -0.118. The second kappa shape index (κ2) is 7.75. The van der Waals surface area contributed by atoms with Crippen LogP contribution in [-0.4, -0.2) is 32.3 Å². The molecule has 7 nitrogen and oxygen atoms in total. The first-order valence-corrected chi connectivity index (χ1v) is 8.78. The second-order valence-electron chi connectivity index (χ2n) is 6.28. The zero-order valence-corrected chi connectivity index (χ0v) is 16.3. The number of halogens is 1. The highest BCUT2D eigenvalue weighted by atomic mass is 35.5. The predicted octanol–water partition coefficient (Wildman–Crippen LogP) is 3.57. The van der Waals surface area contributed by atoms with Crippen LogP contribution in [0.25, 0.3) is 5.95 Å². The number of ether oxygens (including phenoxy) is 1. The first-order chi connectivity index (χ1) is 12.8. The van der Waals surface area contributed by atoms with E-state index in [1.165, 1.54) is 4.68 Å². The Morgan fingerprint density at radius 3 is 2.44 bits per heavy atom. The van der Waals surface area contributed by atoms with Gasteiger partial charge < -0.3 is 10.1 Å². The molecule has 0 aliphatic heterocycles. The van der Waals surface area contributed by atoms with E-state index in [9.17, 15) is 4.79 Å². The number of aryl methyl sites for hydroxylation is 4. The molecule has 140 valence electrons. The van der Waals surface area contributed by atoms with E-state index in [1.807, 2.05) is 33.8 Å². The van der Waals surface area contributed by atoms with Gasteiger partial charge in [-0.05, 0) is 57.5 Å². The van der Waals surface area contributed by atoms with Crippen LogP contribution in [0.1, 0.15) is 22.6 Å². The predicted molar refractivity (Wildman–Crippen MR) is 104 cm³/mol. The lowest BCUT2D eigenvalue weighted by Gasteiger charge is -2.10. The Balaban J connectivity index is 1.73. The number of rotatable bonds is 5. The van der Waals surface area contributed by atoms with E-state index in [0.29, 0.717) is 22.5 Å². The standard InChI is InChI=1S/C19H20ClN5O2/c1-11-7-15(5-6-16(11)20)27-10-18(26)23-17-9-14(4)24-25(17)19-21-12(2)8-13(3)22-19/h5-9H,10H2,1-4H3,(H,23,26). The molecule has 0 fully saturated rings. The number of carbonyl (C=O) groups excluding carboxylic acids is 1. The van der Waals surface area contributed by atoms with Gasteiger partial charge in [0.15, 0.2) is 6.61 Å².